The largest absolute Gasteiger partial charge is 0.497 e. The van der Waals surface area contributed by atoms with Crippen molar-refractivity contribution in [3.63, 3.8) is 0 Å². The summed E-state index contributed by atoms with van der Waals surface area (Å²) in [5, 5.41) is 10.3. The third-order valence-electron chi connectivity index (χ3n) is 4.79. The summed E-state index contributed by atoms with van der Waals surface area (Å²) in [5.74, 6) is 1.73. The van der Waals surface area contributed by atoms with Gasteiger partial charge in [-0.25, -0.2) is 0 Å². The molecule has 1 aliphatic heterocycles. The van der Waals surface area contributed by atoms with E-state index in [0.29, 0.717) is 13.2 Å². The predicted molar refractivity (Wildman–Crippen MR) is 106 cm³/mol. The zero-order valence-electron chi connectivity index (χ0n) is 16.0. The molecular formula is C22H29NO4. The van der Waals surface area contributed by atoms with E-state index < -0.39 is 6.10 Å². The van der Waals surface area contributed by atoms with E-state index in [-0.39, 0.29) is 0 Å². The van der Waals surface area contributed by atoms with Crippen LogP contribution < -0.4 is 9.47 Å². The van der Waals surface area contributed by atoms with E-state index in [4.69, 9.17) is 14.2 Å². The van der Waals surface area contributed by atoms with Crippen LogP contribution in [-0.4, -0.2) is 62.7 Å². The molecule has 0 saturated carbocycles. The SMILES string of the molecule is COc1cccc(CCc2ccccc2OC[C@H](O)CN2CCOCC2)c1. The van der Waals surface area contributed by atoms with Crippen molar-refractivity contribution in [1.82, 2.24) is 4.90 Å². The minimum atomic E-state index is -0.505. The van der Waals surface area contributed by atoms with Gasteiger partial charge in [0.05, 0.1) is 20.3 Å². The van der Waals surface area contributed by atoms with Gasteiger partial charge in [0.15, 0.2) is 0 Å². The Morgan fingerprint density at radius 1 is 1.07 bits per heavy atom. The third kappa shape index (κ3) is 6.24. The molecule has 0 radical (unpaired) electrons. The molecule has 0 amide bonds. The smallest absolute Gasteiger partial charge is 0.122 e. The second-order valence-electron chi connectivity index (χ2n) is 6.84. The van der Waals surface area contributed by atoms with Crippen LogP contribution in [0.15, 0.2) is 48.5 Å². The first-order valence-electron chi connectivity index (χ1n) is 9.56. The molecule has 5 nitrogen and oxygen atoms in total. The zero-order valence-corrected chi connectivity index (χ0v) is 16.0. The number of benzene rings is 2. The number of hydrogen-bond donors (Lipinski definition) is 1. The molecule has 2 aromatic rings. The number of para-hydroxylation sites is 1. The van der Waals surface area contributed by atoms with Crippen LogP contribution in [0.5, 0.6) is 11.5 Å². The maximum Gasteiger partial charge on any atom is 0.122 e. The molecular weight excluding hydrogens is 342 g/mol. The van der Waals surface area contributed by atoms with E-state index in [1.54, 1.807) is 7.11 Å². The highest BCUT2D eigenvalue weighted by Crippen LogP contribution is 2.21. The first-order chi connectivity index (χ1) is 13.2. The van der Waals surface area contributed by atoms with Gasteiger partial charge in [0.2, 0.25) is 0 Å². The average molecular weight is 371 g/mol. The van der Waals surface area contributed by atoms with Gasteiger partial charge in [-0.3, -0.25) is 4.90 Å². The normalized spacial score (nSPS) is 16.1. The van der Waals surface area contributed by atoms with Gasteiger partial charge in [-0.2, -0.15) is 0 Å². The summed E-state index contributed by atoms with van der Waals surface area (Å²) in [6, 6.07) is 16.2. The van der Waals surface area contributed by atoms with Crippen molar-refractivity contribution >= 4 is 0 Å². The molecule has 0 bridgehead atoms. The van der Waals surface area contributed by atoms with Crippen LogP contribution in [0.4, 0.5) is 0 Å². The number of ether oxygens (including phenoxy) is 3. The van der Waals surface area contributed by atoms with Crippen LogP contribution in [0.3, 0.4) is 0 Å². The molecule has 2 aromatic carbocycles. The highest BCUT2D eigenvalue weighted by Gasteiger charge is 2.16. The molecule has 0 aliphatic carbocycles. The zero-order chi connectivity index (χ0) is 18.9. The van der Waals surface area contributed by atoms with Gasteiger partial charge in [-0.15, -0.1) is 0 Å². The number of methoxy groups -OCH3 is 1. The summed E-state index contributed by atoms with van der Waals surface area (Å²) in [6.45, 7) is 4.13. The van der Waals surface area contributed by atoms with Gasteiger partial charge < -0.3 is 19.3 Å². The van der Waals surface area contributed by atoms with Crippen LogP contribution in [0.25, 0.3) is 0 Å². The first-order valence-corrected chi connectivity index (χ1v) is 9.56. The minimum Gasteiger partial charge on any atom is -0.497 e. The average Bonchev–Trinajstić information content (AvgIpc) is 2.72. The van der Waals surface area contributed by atoms with Crippen LogP contribution in [0, 0.1) is 0 Å². The lowest BCUT2D eigenvalue weighted by Gasteiger charge is -2.28. The number of aryl methyl sites for hydroxylation is 2. The summed E-state index contributed by atoms with van der Waals surface area (Å²) < 4.78 is 16.6. The van der Waals surface area contributed by atoms with E-state index in [1.165, 1.54) is 5.56 Å². The molecule has 1 atom stereocenters. The summed E-state index contributed by atoms with van der Waals surface area (Å²) in [6.07, 6.45) is 1.28. The molecule has 1 heterocycles. The molecule has 27 heavy (non-hydrogen) atoms. The quantitative estimate of drug-likeness (QED) is 0.734. The fourth-order valence-electron chi connectivity index (χ4n) is 3.28. The van der Waals surface area contributed by atoms with Crippen molar-refractivity contribution in [2.24, 2.45) is 0 Å². The summed E-state index contributed by atoms with van der Waals surface area (Å²) in [4.78, 5) is 2.21. The van der Waals surface area contributed by atoms with Crippen molar-refractivity contribution in [2.75, 3.05) is 46.6 Å². The third-order valence-corrected chi connectivity index (χ3v) is 4.79. The highest BCUT2D eigenvalue weighted by molar-refractivity contribution is 5.35. The topological polar surface area (TPSA) is 51.2 Å². The molecule has 3 rings (SSSR count). The summed E-state index contributed by atoms with van der Waals surface area (Å²) in [7, 11) is 1.68. The van der Waals surface area contributed by atoms with Gasteiger partial charge in [0.1, 0.15) is 24.2 Å². The van der Waals surface area contributed by atoms with Crippen LogP contribution in [0.1, 0.15) is 11.1 Å². The van der Waals surface area contributed by atoms with Crippen molar-refractivity contribution in [2.45, 2.75) is 18.9 Å². The molecule has 0 aromatic heterocycles. The van der Waals surface area contributed by atoms with Gasteiger partial charge in [0.25, 0.3) is 0 Å². The monoisotopic (exact) mass is 371 g/mol. The number of aliphatic hydroxyl groups is 1. The Balaban J connectivity index is 1.52. The Bertz CT molecular complexity index is 700. The molecule has 1 fully saturated rings. The van der Waals surface area contributed by atoms with Gasteiger partial charge in [0, 0.05) is 19.6 Å². The van der Waals surface area contributed by atoms with Gasteiger partial charge in [-0.1, -0.05) is 30.3 Å². The number of β-amino-alcohol motifs (C(OH)–C–C–N with tert-alkyl or cyclic N) is 1. The Morgan fingerprint density at radius 3 is 2.70 bits per heavy atom. The lowest BCUT2D eigenvalue weighted by molar-refractivity contribution is 0.00457. The fraction of sp³-hybridized carbons (Fsp3) is 0.455. The van der Waals surface area contributed by atoms with Crippen molar-refractivity contribution in [3.8, 4) is 11.5 Å². The second-order valence-corrected chi connectivity index (χ2v) is 6.84. The van der Waals surface area contributed by atoms with E-state index in [2.05, 4.69) is 23.1 Å². The van der Waals surface area contributed by atoms with E-state index in [9.17, 15) is 5.11 Å². The molecule has 1 saturated heterocycles. The fourth-order valence-corrected chi connectivity index (χ4v) is 3.28. The standard InChI is InChI=1S/C22H29NO4/c1-25-21-7-4-5-18(15-21)9-10-19-6-2-3-8-22(19)27-17-20(24)16-23-11-13-26-14-12-23/h2-8,15,20,24H,9-14,16-17H2,1H3/t20-/m1/s1. The van der Waals surface area contributed by atoms with Gasteiger partial charge in [-0.05, 0) is 42.2 Å². The number of aliphatic hydroxyl groups excluding tert-OH is 1. The van der Waals surface area contributed by atoms with Crippen molar-refractivity contribution < 1.29 is 19.3 Å². The summed E-state index contributed by atoms with van der Waals surface area (Å²) in [5.41, 5.74) is 2.38. The molecule has 0 spiro atoms. The molecule has 5 heteroatoms. The number of nitrogens with zero attached hydrogens (tertiary/aromatic N) is 1. The first kappa shape index (κ1) is 19.7. The molecule has 0 unspecified atom stereocenters. The minimum absolute atomic E-state index is 0.299. The predicted octanol–water partition coefficient (Wildman–Crippen LogP) is 2.55. The Hall–Kier alpha value is -2.08. The van der Waals surface area contributed by atoms with E-state index in [1.807, 2.05) is 30.3 Å². The highest BCUT2D eigenvalue weighted by atomic mass is 16.5. The van der Waals surface area contributed by atoms with E-state index >= 15 is 0 Å². The molecule has 1 aliphatic rings. The van der Waals surface area contributed by atoms with Crippen LogP contribution in [-0.2, 0) is 17.6 Å². The Kier molecular flexibility index (Phi) is 7.51. The number of morpholine rings is 1. The second kappa shape index (κ2) is 10.3. The lowest BCUT2D eigenvalue weighted by Crippen LogP contribution is -2.42. The Labute approximate surface area is 161 Å². The van der Waals surface area contributed by atoms with Crippen LogP contribution in [0.2, 0.25) is 0 Å². The number of hydrogen-bond acceptors (Lipinski definition) is 5. The summed E-state index contributed by atoms with van der Waals surface area (Å²) >= 11 is 0. The van der Waals surface area contributed by atoms with Gasteiger partial charge >= 0.3 is 0 Å². The maximum absolute atomic E-state index is 10.3. The molecule has 146 valence electrons. The molecule has 1 N–H and O–H groups in total. The Morgan fingerprint density at radius 2 is 1.89 bits per heavy atom. The van der Waals surface area contributed by atoms with Crippen molar-refractivity contribution in [1.29, 1.82) is 0 Å². The van der Waals surface area contributed by atoms with Crippen molar-refractivity contribution in [3.05, 3.63) is 59.7 Å². The van der Waals surface area contributed by atoms with E-state index in [0.717, 1.165) is 56.2 Å². The van der Waals surface area contributed by atoms with Crippen LogP contribution >= 0.6 is 0 Å². The maximum atomic E-state index is 10.3. The number of rotatable bonds is 9. The lowest BCUT2D eigenvalue weighted by atomic mass is 10.0.